The molecular weight excluding hydrogens is 402 g/mol. The van der Waals surface area contributed by atoms with Crippen LogP contribution in [0.4, 0.5) is 0 Å². The third kappa shape index (κ3) is 3.92. The minimum Gasteiger partial charge on any atom is -0.343 e. The number of carbonyl (C=O) groups excluding carboxylic acids is 1. The first-order valence-electron chi connectivity index (χ1n) is 10.3. The number of aromatic nitrogens is 6. The van der Waals surface area contributed by atoms with Crippen molar-refractivity contribution in [2.45, 2.75) is 76.4 Å². The predicted molar refractivity (Wildman–Crippen MR) is 112 cm³/mol. The van der Waals surface area contributed by atoms with E-state index >= 15 is 0 Å². The molecule has 0 atom stereocenters. The molecular formula is C20H27N7O2S. The van der Waals surface area contributed by atoms with Crippen molar-refractivity contribution in [3.63, 3.8) is 0 Å². The maximum Gasteiger partial charge on any atom is 0.253 e. The molecule has 9 nitrogen and oxygen atoms in total. The van der Waals surface area contributed by atoms with Crippen LogP contribution in [-0.2, 0) is 16.8 Å². The summed E-state index contributed by atoms with van der Waals surface area (Å²) in [5.74, 6) is 1.58. The van der Waals surface area contributed by atoms with Crippen molar-refractivity contribution in [1.82, 2.24) is 35.0 Å². The minimum absolute atomic E-state index is 0.0723. The molecule has 3 heterocycles. The molecule has 1 aliphatic rings. The van der Waals surface area contributed by atoms with Gasteiger partial charge in [0.25, 0.3) is 5.78 Å². The summed E-state index contributed by atoms with van der Waals surface area (Å²) in [4.78, 5) is 26.6. The number of amides is 1. The van der Waals surface area contributed by atoms with Crippen LogP contribution in [0.2, 0.25) is 0 Å². The van der Waals surface area contributed by atoms with Crippen molar-refractivity contribution in [3.8, 4) is 0 Å². The summed E-state index contributed by atoms with van der Waals surface area (Å²) < 4.78 is 6.95. The first-order chi connectivity index (χ1) is 14.4. The SMILES string of the molecule is CSc1nc2nc(C)c(CC(=O)NC3(c4noc(C)n4)CCCCCC3)c(C)n2n1. The molecule has 30 heavy (non-hydrogen) atoms. The fourth-order valence-corrected chi connectivity index (χ4v) is 4.57. The number of thioether (sulfide) groups is 1. The number of hydrogen-bond acceptors (Lipinski definition) is 8. The molecule has 3 aromatic heterocycles. The van der Waals surface area contributed by atoms with Gasteiger partial charge >= 0.3 is 0 Å². The zero-order valence-corrected chi connectivity index (χ0v) is 18.7. The molecule has 0 spiro atoms. The first kappa shape index (κ1) is 20.8. The molecule has 1 fully saturated rings. The van der Waals surface area contributed by atoms with E-state index in [0.717, 1.165) is 55.5 Å². The lowest BCUT2D eigenvalue weighted by molar-refractivity contribution is -0.122. The molecule has 1 aliphatic carbocycles. The lowest BCUT2D eigenvalue weighted by Gasteiger charge is -2.31. The summed E-state index contributed by atoms with van der Waals surface area (Å²) in [7, 11) is 0. The van der Waals surface area contributed by atoms with E-state index < -0.39 is 5.54 Å². The van der Waals surface area contributed by atoms with Crippen LogP contribution in [-0.4, -0.2) is 41.9 Å². The van der Waals surface area contributed by atoms with Crippen LogP contribution < -0.4 is 5.32 Å². The Balaban J connectivity index is 1.62. The van der Waals surface area contributed by atoms with E-state index in [1.165, 1.54) is 11.8 Å². The number of hydrogen-bond donors (Lipinski definition) is 1. The highest BCUT2D eigenvalue weighted by molar-refractivity contribution is 7.98. The average Bonchev–Trinajstić information content (AvgIpc) is 3.26. The van der Waals surface area contributed by atoms with Crippen LogP contribution in [0.25, 0.3) is 5.78 Å². The normalized spacial score (nSPS) is 16.5. The summed E-state index contributed by atoms with van der Waals surface area (Å²) in [5, 5.41) is 12.6. The number of aryl methyl sites for hydroxylation is 3. The fourth-order valence-electron chi connectivity index (χ4n) is 4.23. The van der Waals surface area contributed by atoms with Gasteiger partial charge in [0, 0.05) is 23.9 Å². The van der Waals surface area contributed by atoms with Gasteiger partial charge in [-0.15, -0.1) is 5.10 Å². The zero-order valence-electron chi connectivity index (χ0n) is 17.9. The molecule has 0 unspecified atom stereocenters. The Hall–Kier alpha value is -2.49. The van der Waals surface area contributed by atoms with Gasteiger partial charge in [0.1, 0.15) is 5.54 Å². The molecule has 1 N–H and O–H groups in total. The van der Waals surface area contributed by atoms with Gasteiger partial charge in [-0.3, -0.25) is 4.79 Å². The van der Waals surface area contributed by atoms with E-state index in [-0.39, 0.29) is 12.3 Å². The lowest BCUT2D eigenvalue weighted by Crippen LogP contribution is -2.47. The van der Waals surface area contributed by atoms with Crippen LogP contribution >= 0.6 is 11.8 Å². The van der Waals surface area contributed by atoms with Gasteiger partial charge < -0.3 is 9.84 Å². The molecule has 160 valence electrons. The van der Waals surface area contributed by atoms with Gasteiger partial charge in [-0.25, -0.2) is 9.50 Å². The molecule has 0 aliphatic heterocycles. The summed E-state index contributed by atoms with van der Waals surface area (Å²) in [6.07, 6.45) is 8.12. The fraction of sp³-hybridized carbons (Fsp3) is 0.600. The van der Waals surface area contributed by atoms with Crippen LogP contribution in [0.1, 0.15) is 67.2 Å². The molecule has 1 amide bonds. The van der Waals surface area contributed by atoms with Crippen molar-refractivity contribution in [1.29, 1.82) is 0 Å². The van der Waals surface area contributed by atoms with Gasteiger partial charge in [0.15, 0.2) is 5.82 Å². The summed E-state index contributed by atoms with van der Waals surface area (Å²) in [6.45, 7) is 5.64. The molecule has 10 heteroatoms. The van der Waals surface area contributed by atoms with Crippen molar-refractivity contribution < 1.29 is 9.32 Å². The zero-order chi connectivity index (χ0) is 21.3. The number of nitrogens with zero attached hydrogens (tertiary/aromatic N) is 6. The van der Waals surface area contributed by atoms with E-state index in [4.69, 9.17) is 4.52 Å². The summed E-state index contributed by atoms with van der Waals surface area (Å²) in [6, 6.07) is 0. The van der Waals surface area contributed by atoms with Gasteiger partial charge in [0.05, 0.1) is 6.42 Å². The lowest BCUT2D eigenvalue weighted by atomic mass is 9.88. The molecule has 0 bridgehead atoms. The molecule has 3 aromatic rings. The standard InChI is InChI=1S/C20H27N7O2S/c1-12-15(13(2)27-18(21-12)23-19(25-27)30-4)11-16(28)24-20(9-7-5-6-8-10-20)17-22-14(3)29-26-17/h5-11H2,1-4H3,(H,24,28). The molecule has 0 aromatic carbocycles. The highest BCUT2D eigenvalue weighted by Crippen LogP contribution is 2.34. The Morgan fingerprint density at radius 1 is 1.13 bits per heavy atom. The highest BCUT2D eigenvalue weighted by Gasteiger charge is 2.39. The second-order valence-electron chi connectivity index (χ2n) is 7.93. The van der Waals surface area contributed by atoms with Gasteiger partial charge in [-0.05, 0) is 32.9 Å². The molecule has 0 radical (unpaired) electrons. The number of carbonyl (C=O) groups is 1. The van der Waals surface area contributed by atoms with Crippen molar-refractivity contribution in [2.24, 2.45) is 0 Å². The van der Waals surface area contributed by atoms with Crippen LogP contribution in [0, 0.1) is 20.8 Å². The Morgan fingerprint density at radius 2 is 1.87 bits per heavy atom. The molecule has 0 saturated heterocycles. The van der Waals surface area contributed by atoms with Crippen molar-refractivity contribution >= 4 is 23.4 Å². The van der Waals surface area contributed by atoms with E-state index in [2.05, 4.69) is 30.5 Å². The summed E-state index contributed by atoms with van der Waals surface area (Å²) >= 11 is 1.47. The number of rotatable bonds is 5. The topological polar surface area (TPSA) is 111 Å². The monoisotopic (exact) mass is 429 g/mol. The van der Waals surface area contributed by atoms with Crippen LogP contribution in [0.15, 0.2) is 9.68 Å². The third-order valence-electron chi connectivity index (χ3n) is 5.84. The van der Waals surface area contributed by atoms with E-state index in [0.29, 0.717) is 22.6 Å². The number of nitrogens with one attached hydrogen (secondary N) is 1. The quantitative estimate of drug-likeness (QED) is 0.487. The second-order valence-corrected chi connectivity index (χ2v) is 8.70. The maximum absolute atomic E-state index is 13.2. The van der Waals surface area contributed by atoms with Gasteiger partial charge in [-0.1, -0.05) is 42.6 Å². The van der Waals surface area contributed by atoms with Crippen LogP contribution in [0.3, 0.4) is 0 Å². The average molecular weight is 430 g/mol. The Labute approximate surface area is 179 Å². The summed E-state index contributed by atoms with van der Waals surface area (Å²) in [5.41, 5.74) is 1.96. The Kier molecular flexibility index (Phi) is 5.77. The van der Waals surface area contributed by atoms with E-state index in [1.807, 2.05) is 20.1 Å². The third-order valence-corrected chi connectivity index (χ3v) is 6.38. The van der Waals surface area contributed by atoms with Crippen molar-refractivity contribution in [2.75, 3.05) is 6.26 Å². The maximum atomic E-state index is 13.2. The van der Waals surface area contributed by atoms with E-state index in [9.17, 15) is 4.79 Å². The largest absolute Gasteiger partial charge is 0.343 e. The number of fused-ring (bicyclic) bond motifs is 1. The smallest absolute Gasteiger partial charge is 0.253 e. The molecule has 1 saturated carbocycles. The van der Waals surface area contributed by atoms with E-state index in [1.54, 1.807) is 11.4 Å². The van der Waals surface area contributed by atoms with Crippen LogP contribution in [0.5, 0.6) is 0 Å². The van der Waals surface area contributed by atoms with Gasteiger partial charge in [-0.2, -0.15) is 9.97 Å². The first-order valence-corrected chi connectivity index (χ1v) is 11.5. The predicted octanol–water partition coefficient (Wildman–Crippen LogP) is 3.06. The minimum atomic E-state index is -0.579. The Morgan fingerprint density at radius 3 is 2.50 bits per heavy atom. The van der Waals surface area contributed by atoms with Crippen molar-refractivity contribution in [3.05, 3.63) is 28.7 Å². The highest BCUT2D eigenvalue weighted by atomic mass is 32.2. The molecule has 4 rings (SSSR count). The van der Waals surface area contributed by atoms with Gasteiger partial charge in [0.2, 0.25) is 17.0 Å². The Bertz CT molecular complexity index is 1070. The second kappa shape index (κ2) is 8.33.